The van der Waals surface area contributed by atoms with Crippen LogP contribution in [0.15, 0.2) is 48.7 Å². The van der Waals surface area contributed by atoms with E-state index in [0.717, 1.165) is 18.2 Å². The predicted octanol–water partition coefficient (Wildman–Crippen LogP) is 5.04. The van der Waals surface area contributed by atoms with Gasteiger partial charge in [0.25, 0.3) is 0 Å². The molecule has 0 fully saturated rings. The number of alkyl halides is 3. The molecule has 3 rings (SSSR count). The summed E-state index contributed by atoms with van der Waals surface area (Å²) in [6.07, 6.45) is -3.21. The van der Waals surface area contributed by atoms with Crippen LogP contribution in [0, 0.1) is 0 Å². The van der Waals surface area contributed by atoms with E-state index < -0.39 is 11.7 Å². The molecule has 0 unspecified atom stereocenters. The van der Waals surface area contributed by atoms with Crippen LogP contribution in [0.1, 0.15) is 5.56 Å². The Morgan fingerprint density at radius 3 is 2.63 bits per heavy atom. The van der Waals surface area contributed by atoms with Gasteiger partial charge in [-0.15, -0.1) is 5.10 Å². The maximum absolute atomic E-state index is 12.9. The summed E-state index contributed by atoms with van der Waals surface area (Å²) in [5.41, 5.74) is -0.115. The van der Waals surface area contributed by atoms with Crippen LogP contribution in [0.4, 0.5) is 36.3 Å². The summed E-state index contributed by atoms with van der Waals surface area (Å²) < 4.78 is 43.8. The molecule has 0 aliphatic rings. The summed E-state index contributed by atoms with van der Waals surface area (Å²) in [6, 6.07) is 10.0. The molecule has 6 nitrogen and oxygen atoms in total. The van der Waals surface area contributed by atoms with E-state index in [1.807, 2.05) is 0 Å². The number of hydrogen-bond donors (Lipinski definition) is 2. The third kappa shape index (κ3) is 4.76. The zero-order chi connectivity index (χ0) is 19.4. The molecule has 0 bridgehead atoms. The Kier molecular flexibility index (Phi) is 5.31. The lowest BCUT2D eigenvalue weighted by atomic mass is 10.2. The van der Waals surface area contributed by atoms with Gasteiger partial charge in [0, 0.05) is 11.8 Å². The molecule has 2 aromatic carbocycles. The van der Waals surface area contributed by atoms with Crippen molar-refractivity contribution in [2.45, 2.75) is 6.18 Å². The monoisotopic (exact) mass is 395 g/mol. The van der Waals surface area contributed by atoms with Crippen molar-refractivity contribution >= 4 is 34.7 Å². The minimum atomic E-state index is -4.48. The second kappa shape index (κ2) is 7.67. The Balaban J connectivity index is 1.82. The van der Waals surface area contributed by atoms with Gasteiger partial charge < -0.3 is 15.4 Å². The highest BCUT2D eigenvalue weighted by Crippen LogP contribution is 2.34. The molecular formula is C17H13ClF3N5O. The summed E-state index contributed by atoms with van der Waals surface area (Å²) >= 11 is 5.98. The van der Waals surface area contributed by atoms with E-state index in [4.69, 9.17) is 16.3 Å². The molecule has 0 saturated heterocycles. The quantitative estimate of drug-likeness (QED) is 0.630. The number of anilines is 4. The summed E-state index contributed by atoms with van der Waals surface area (Å²) in [7, 11) is 1.54. The van der Waals surface area contributed by atoms with Crippen LogP contribution in [-0.4, -0.2) is 22.3 Å². The van der Waals surface area contributed by atoms with Crippen LogP contribution in [0.2, 0.25) is 5.02 Å². The van der Waals surface area contributed by atoms with E-state index in [0.29, 0.717) is 11.4 Å². The van der Waals surface area contributed by atoms with E-state index in [-0.39, 0.29) is 22.5 Å². The van der Waals surface area contributed by atoms with Crippen molar-refractivity contribution in [3.8, 4) is 5.75 Å². The Labute approximate surface area is 157 Å². The summed E-state index contributed by atoms with van der Waals surface area (Å²) in [5.74, 6) is 0.964. The predicted molar refractivity (Wildman–Crippen MR) is 95.8 cm³/mol. The summed E-state index contributed by atoms with van der Waals surface area (Å²) in [6.45, 7) is 0. The van der Waals surface area contributed by atoms with Crippen LogP contribution in [0.25, 0.3) is 0 Å². The van der Waals surface area contributed by atoms with Crippen molar-refractivity contribution in [2.75, 3.05) is 17.7 Å². The van der Waals surface area contributed by atoms with Crippen molar-refractivity contribution in [3.63, 3.8) is 0 Å². The lowest BCUT2D eigenvalue weighted by Gasteiger charge is -2.12. The van der Waals surface area contributed by atoms with Gasteiger partial charge in [-0.1, -0.05) is 17.7 Å². The molecule has 0 aliphatic heterocycles. The first kappa shape index (κ1) is 18.7. The van der Waals surface area contributed by atoms with E-state index >= 15 is 0 Å². The van der Waals surface area contributed by atoms with Crippen LogP contribution < -0.4 is 15.4 Å². The third-order valence-electron chi connectivity index (χ3n) is 3.44. The Morgan fingerprint density at radius 1 is 1.07 bits per heavy atom. The summed E-state index contributed by atoms with van der Waals surface area (Å²) in [5, 5.41) is 13.4. The molecular weight excluding hydrogens is 383 g/mol. The molecule has 0 aliphatic carbocycles. The first-order chi connectivity index (χ1) is 12.8. The minimum Gasteiger partial charge on any atom is -0.497 e. The third-order valence-corrected chi connectivity index (χ3v) is 3.77. The van der Waals surface area contributed by atoms with Gasteiger partial charge in [-0.2, -0.15) is 23.3 Å². The van der Waals surface area contributed by atoms with Crippen molar-refractivity contribution in [3.05, 3.63) is 59.2 Å². The van der Waals surface area contributed by atoms with Crippen molar-refractivity contribution < 1.29 is 17.9 Å². The Bertz CT molecular complexity index is 952. The molecule has 140 valence electrons. The summed E-state index contributed by atoms with van der Waals surface area (Å²) in [4.78, 5) is 4.18. The normalized spacial score (nSPS) is 11.1. The first-order valence-corrected chi connectivity index (χ1v) is 7.97. The molecule has 0 spiro atoms. The van der Waals surface area contributed by atoms with Gasteiger partial charge in [0.15, 0.2) is 5.82 Å². The molecule has 2 N–H and O–H groups in total. The van der Waals surface area contributed by atoms with Gasteiger partial charge in [0.1, 0.15) is 5.75 Å². The van der Waals surface area contributed by atoms with Gasteiger partial charge >= 0.3 is 6.18 Å². The maximum Gasteiger partial charge on any atom is 0.416 e. The molecule has 10 heteroatoms. The minimum absolute atomic E-state index is 0.0549. The lowest BCUT2D eigenvalue weighted by molar-refractivity contribution is -0.137. The highest BCUT2D eigenvalue weighted by atomic mass is 35.5. The van der Waals surface area contributed by atoms with E-state index in [1.165, 1.54) is 6.20 Å². The number of methoxy groups -OCH3 is 1. The molecule has 1 aromatic heterocycles. The second-order valence-corrected chi connectivity index (χ2v) is 5.75. The molecule has 0 saturated carbocycles. The van der Waals surface area contributed by atoms with Crippen LogP contribution >= 0.6 is 11.6 Å². The van der Waals surface area contributed by atoms with Crippen molar-refractivity contribution in [1.29, 1.82) is 0 Å². The number of hydrogen-bond acceptors (Lipinski definition) is 6. The van der Waals surface area contributed by atoms with Gasteiger partial charge in [-0.05, 0) is 30.3 Å². The number of nitrogens with one attached hydrogen (secondary N) is 2. The van der Waals surface area contributed by atoms with Crippen molar-refractivity contribution in [1.82, 2.24) is 15.2 Å². The number of benzene rings is 2. The Hall–Kier alpha value is -3.07. The van der Waals surface area contributed by atoms with Crippen LogP contribution in [0.3, 0.4) is 0 Å². The number of ether oxygens (including phenoxy) is 1. The fourth-order valence-electron chi connectivity index (χ4n) is 2.18. The SMILES string of the molecule is COc1cccc(Nc2nncc(Nc3cc(C(F)(F)F)ccc3Cl)n2)c1. The average molecular weight is 396 g/mol. The Morgan fingerprint density at radius 2 is 1.89 bits per heavy atom. The van der Waals surface area contributed by atoms with Gasteiger partial charge in [0.2, 0.25) is 5.95 Å². The van der Waals surface area contributed by atoms with Crippen molar-refractivity contribution in [2.24, 2.45) is 0 Å². The molecule has 0 atom stereocenters. The molecule has 1 heterocycles. The van der Waals surface area contributed by atoms with Crippen LogP contribution in [0.5, 0.6) is 5.75 Å². The van der Waals surface area contributed by atoms with E-state index in [2.05, 4.69) is 25.8 Å². The number of halogens is 4. The molecule has 3 aromatic rings. The standard InChI is InChI=1S/C17H13ClF3N5O/c1-27-12-4-2-3-11(8-12)23-16-25-15(9-22-26-16)24-14-7-10(17(19,20)21)5-6-13(14)18/h2-9H,1H3,(H2,23,24,25,26). The first-order valence-electron chi connectivity index (χ1n) is 7.60. The maximum atomic E-state index is 12.9. The van der Waals surface area contributed by atoms with Gasteiger partial charge in [-0.25, -0.2) is 0 Å². The largest absolute Gasteiger partial charge is 0.497 e. The highest BCUT2D eigenvalue weighted by molar-refractivity contribution is 6.33. The molecule has 0 amide bonds. The highest BCUT2D eigenvalue weighted by Gasteiger charge is 2.31. The lowest BCUT2D eigenvalue weighted by Crippen LogP contribution is -2.06. The van der Waals surface area contributed by atoms with Gasteiger partial charge in [0.05, 0.1) is 29.6 Å². The fourth-order valence-corrected chi connectivity index (χ4v) is 2.35. The van der Waals surface area contributed by atoms with Crippen LogP contribution in [-0.2, 0) is 6.18 Å². The zero-order valence-corrected chi connectivity index (χ0v) is 14.6. The molecule has 27 heavy (non-hydrogen) atoms. The molecule has 0 radical (unpaired) electrons. The fraction of sp³-hybridized carbons (Fsp3) is 0.118. The second-order valence-electron chi connectivity index (χ2n) is 5.34. The number of nitrogens with zero attached hydrogens (tertiary/aromatic N) is 3. The topological polar surface area (TPSA) is 72.0 Å². The van der Waals surface area contributed by atoms with E-state index in [1.54, 1.807) is 31.4 Å². The van der Waals surface area contributed by atoms with E-state index in [9.17, 15) is 13.2 Å². The zero-order valence-electron chi connectivity index (χ0n) is 13.9. The smallest absolute Gasteiger partial charge is 0.416 e. The van der Waals surface area contributed by atoms with Gasteiger partial charge in [-0.3, -0.25) is 0 Å². The number of rotatable bonds is 5. The average Bonchev–Trinajstić information content (AvgIpc) is 2.63. The number of aromatic nitrogens is 3.